The predicted octanol–water partition coefficient (Wildman–Crippen LogP) is 16.8. The van der Waals surface area contributed by atoms with Gasteiger partial charge in [-0.2, -0.15) is 10.5 Å². The summed E-state index contributed by atoms with van der Waals surface area (Å²) in [7, 11) is 0. The largest absolute Gasteiger partial charge is 0.477 e. The first-order chi connectivity index (χ1) is 36.1. The lowest BCUT2D eigenvalue weighted by molar-refractivity contribution is -0.133. The van der Waals surface area contributed by atoms with Crippen molar-refractivity contribution in [1.82, 2.24) is 0 Å². The molecule has 9 rings (SSSR count). The Morgan fingerprint density at radius 1 is 0.432 bits per heavy atom. The van der Waals surface area contributed by atoms with Gasteiger partial charge in [0, 0.05) is 36.6 Å². The molecule has 9 heteroatoms. The summed E-state index contributed by atoms with van der Waals surface area (Å²) in [5.74, 6) is -2.48. The number of thiophene rings is 2. The van der Waals surface area contributed by atoms with Gasteiger partial charge in [-0.15, -0.1) is 22.7 Å². The van der Waals surface area contributed by atoms with Gasteiger partial charge in [0.15, 0.2) is 0 Å². The summed E-state index contributed by atoms with van der Waals surface area (Å²) in [6.45, 7) is 2.10. The van der Waals surface area contributed by atoms with Gasteiger partial charge in [-0.1, -0.05) is 169 Å². The van der Waals surface area contributed by atoms with Crippen LogP contribution in [0, 0.1) is 29.6 Å². The van der Waals surface area contributed by atoms with E-state index >= 15 is 0 Å². The molecule has 0 saturated carbocycles. The number of aryl methyl sites for hydroxylation is 1. The molecule has 0 aliphatic carbocycles. The highest BCUT2D eigenvalue weighted by molar-refractivity contribution is 7.16. The van der Waals surface area contributed by atoms with Crippen molar-refractivity contribution in [3.05, 3.63) is 266 Å². The summed E-state index contributed by atoms with van der Waals surface area (Å²) in [6.07, 6.45) is 13.4. The average molecular weight is 996 g/mol. The Morgan fingerprint density at radius 3 is 1.19 bits per heavy atom. The van der Waals surface area contributed by atoms with E-state index in [1.54, 1.807) is 12.1 Å². The maximum Gasteiger partial charge on any atom is 0.346 e. The minimum atomic E-state index is -1.24. The molecule has 0 saturated heterocycles. The molecular weight excluding hydrogens is 951 g/mol. The van der Waals surface area contributed by atoms with Gasteiger partial charge in [-0.3, -0.25) is 0 Å². The minimum Gasteiger partial charge on any atom is -0.477 e. The molecule has 7 nitrogen and oxygen atoms in total. The molecular formula is C65H45N3O4S2. The van der Waals surface area contributed by atoms with Crippen LogP contribution in [0.2, 0.25) is 0 Å². The first-order valence-corrected chi connectivity index (χ1v) is 25.1. The van der Waals surface area contributed by atoms with Crippen LogP contribution in [-0.2, 0) is 9.59 Å². The van der Waals surface area contributed by atoms with Crippen molar-refractivity contribution in [2.24, 2.45) is 0 Å². The fraction of sp³-hybridized carbons (Fsp3) is 0.0154. The van der Waals surface area contributed by atoms with Gasteiger partial charge >= 0.3 is 11.9 Å². The van der Waals surface area contributed by atoms with Crippen molar-refractivity contribution in [2.45, 2.75) is 6.92 Å². The number of nitriles is 2. The fourth-order valence-electron chi connectivity index (χ4n) is 8.13. The summed E-state index contributed by atoms with van der Waals surface area (Å²) in [6, 6.07) is 72.2. The van der Waals surface area contributed by atoms with E-state index in [0.717, 1.165) is 82.5 Å². The predicted molar refractivity (Wildman–Crippen MR) is 306 cm³/mol. The number of nitrogens with zero attached hydrogens (tertiary/aromatic N) is 3. The topological polar surface area (TPSA) is 125 Å². The number of rotatable bonds is 16. The van der Waals surface area contributed by atoms with E-state index in [4.69, 9.17) is 10.5 Å². The summed E-state index contributed by atoms with van der Waals surface area (Å²) in [5, 5.41) is 36.8. The number of carboxylic acids is 2. The number of hydrogen-bond donors (Lipinski definition) is 2. The molecule has 0 aliphatic heterocycles. The molecule has 9 aromatic rings. The number of carboxylic acid groups (broad SMARTS) is 2. The molecule has 2 heterocycles. The maximum absolute atomic E-state index is 11.3. The van der Waals surface area contributed by atoms with Gasteiger partial charge in [0.2, 0.25) is 0 Å². The van der Waals surface area contributed by atoms with Crippen LogP contribution in [0.3, 0.4) is 0 Å². The Balaban J connectivity index is 0.963. The van der Waals surface area contributed by atoms with Crippen molar-refractivity contribution in [3.63, 3.8) is 0 Å². The van der Waals surface area contributed by atoms with E-state index < -0.39 is 11.9 Å². The third-order valence-corrected chi connectivity index (χ3v) is 14.2. The van der Waals surface area contributed by atoms with Crippen molar-refractivity contribution >= 4 is 99.8 Å². The SMILES string of the molecule is Cc1ccc(C=C(c2ccccc2)c2ccc(N(c3ccc(C=Cc4ccc(-c5ccc(C=C(C#N)C(=O)O)s5)cc4)cc3)c3ccc(C=Cc4ccc(-c5ccc(C=C(C#N)C(=O)O)s5)cc4)cc3)cc2)cc1. The molecule has 0 atom stereocenters. The normalized spacial score (nSPS) is 11.9. The number of hydrogen-bond acceptors (Lipinski definition) is 7. The average Bonchev–Trinajstić information content (AvgIpc) is 4.12. The molecule has 0 spiro atoms. The molecule has 2 aromatic heterocycles. The van der Waals surface area contributed by atoms with Crippen LogP contribution in [0.15, 0.2) is 211 Å². The third-order valence-electron chi connectivity index (χ3n) is 12.1. The number of carbonyl (C=O) groups is 2. The van der Waals surface area contributed by atoms with Crippen LogP contribution in [0.5, 0.6) is 0 Å². The Bertz CT molecular complexity index is 3520. The smallest absolute Gasteiger partial charge is 0.346 e. The van der Waals surface area contributed by atoms with Crippen LogP contribution in [-0.4, -0.2) is 22.2 Å². The monoisotopic (exact) mass is 995 g/mol. The molecule has 2 N–H and O–H groups in total. The van der Waals surface area contributed by atoms with Gasteiger partial charge in [0.25, 0.3) is 0 Å². The Hall–Kier alpha value is -9.64. The van der Waals surface area contributed by atoms with E-state index in [0.29, 0.717) is 9.75 Å². The molecule has 0 unspecified atom stereocenters. The van der Waals surface area contributed by atoms with Gasteiger partial charge in [-0.25, -0.2) is 9.59 Å². The highest BCUT2D eigenvalue weighted by atomic mass is 32.1. The summed E-state index contributed by atoms with van der Waals surface area (Å²) < 4.78 is 0. The lowest BCUT2D eigenvalue weighted by atomic mass is 9.95. The molecule has 0 radical (unpaired) electrons. The Labute approximate surface area is 438 Å². The van der Waals surface area contributed by atoms with Crippen LogP contribution in [0.25, 0.3) is 69.0 Å². The molecule has 356 valence electrons. The number of anilines is 3. The van der Waals surface area contributed by atoms with E-state index in [1.807, 2.05) is 54.6 Å². The zero-order chi connectivity index (χ0) is 51.4. The maximum atomic E-state index is 11.3. The fourth-order valence-corrected chi connectivity index (χ4v) is 10.0. The van der Waals surface area contributed by atoms with Crippen molar-refractivity contribution < 1.29 is 19.8 Å². The summed E-state index contributed by atoms with van der Waals surface area (Å²) in [5.41, 5.74) is 14.3. The first kappa shape index (κ1) is 49.3. The highest BCUT2D eigenvalue weighted by Gasteiger charge is 2.15. The second kappa shape index (κ2) is 23.1. The van der Waals surface area contributed by atoms with E-state index in [2.05, 4.69) is 188 Å². The van der Waals surface area contributed by atoms with Gasteiger partial charge in [0.1, 0.15) is 23.3 Å². The highest BCUT2D eigenvalue weighted by Crippen LogP contribution is 2.38. The zero-order valence-electron chi connectivity index (χ0n) is 40.0. The molecule has 7 aromatic carbocycles. The molecule has 0 aliphatic rings. The van der Waals surface area contributed by atoms with E-state index in [-0.39, 0.29) is 11.1 Å². The Kier molecular flexibility index (Phi) is 15.4. The third kappa shape index (κ3) is 12.3. The van der Waals surface area contributed by atoms with E-state index in [1.165, 1.54) is 40.4 Å². The molecule has 0 amide bonds. The summed E-state index contributed by atoms with van der Waals surface area (Å²) in [4.78, 5) is 28.2. The van der Waals surface area contributed by atoms with Crippen LogP contribution in [0.4, 0.5) is 17.1 Å². The van der Waals surface area contributed by atoms with Crippen molar-refractivity contribution in [1.29, 1.82) is 10.5 Å². The zero-order valence-corrected chi connectivity index (χ0v) is 41.6. The molecule has 0 bridgehead atoms. The number of benzene rings is 7. The van der Waals surface area contributed by atoms with Gasteiger partial charge < -0.3 is 15.1 Å². The first-order valence-electron chi connectivity index (χ1n) is 23.5. The van der Waals surface area contributed by atoms with Gasteiger partial charge in [0.05, 0.1) is 0 Å². The van der Waals surface area contributed by atoms with Crippen molar-refractivity contribution in [2.75, 3.05) is 4.90 Å². The standard InChI is InChI=1S/C65H45N3O4S2/c1-44-7-9-49(10-8-44)39-61(50-5-3-2-4-6-50)51-27-33-58(34-28-51)68(56-29-19-47(20-30-56)13-11-45-15-23-52(24-16-45)62-37-35-59(73-62)40-54(42-66)64(69)70)57-31-21-48(22-32-57)14-12-46-17-25-53(26-18-46)63-38-36-60(74-63)41-55(43-67)65(71)72/h2-41H,1H3,(H,69,70)(H,71,72). The quantitative estimate of drug-likeness (QED) is 0.0561. The van der Waals surface area contributed by atoms with Crippen LogP contribution < -0.4 is 4.90 Å². The lowest BCUT2D eigenvalue weighted by Gasteiger charge is -2.26. The number of aliphatic carboxylic acids is 2. The second-order valence-corrected chi connectivity index (χ2v) is 19.4. The Morgan fingerprint density at radius 2 is 0.797 bits per heavy atom. The molecule has 0 fully saturated rings. The van der Waals surface area contributed by atoms with Crippen molar-refractivity contribution in [3.8, 4) is 33.0 Å². The molecule has 74 heavy (non-hydrogen) atoms. The second-order valence-electron chi connectivity index (χ2n) is 17.2. The van der Waals surface area contributed by atoms with Crippen LogP contribution in [0.1, 0.15) is 54.3 Å². The lowest BCUT2D eigenvalue weighted by Crippen LogP contribution is -2.10. The van der Waals surface area contributed by atoms with Crippen LogP contribution >= 0.6 is 22.7 Å². The minimum absolute atomic E-state index is 0.297. The van der Waals surface area contributed by atoms with E-state index in [9.17, 15) is 19.8 Å². The van der Waals surface area contributed by atoms with Gasteiger partial charge in [-0.05, 0) is 141 Å². The summed E-state index contributed by atoms with van der Waals surface area (Å²) >= 11 is 2.87.